The summed E-state index contributed by atoms with van der Waals surface area (Å²) in [4.78, 5) is 0. The summed E-state index contributed by atoms with van der Waals surface area (Å²) in [5, 5.41) is 0. The van der Waals surface area contributed by atoms with Crippen molar-refractivity contribution in [1.29, 1.82) is 0 Å². The van der Waals surface area contributed by atoms with E-state index in [1.54, 1.807) is 7.11 Å². The van der Waals surface area contributed by atoms with Crippen LogP contribution in [0.25, 0.3) is 0 Å². The van der Waals surface area contributed by atoms with Gasteiger partial charge in [0.15, 0.2) is 0 Å². The topological polar surface area (TPSA) is 35.4 Å². The van der Waals surface area contributed by atoms with Gasteiger partial charge in [-0.15, -0.1) is 5.43 Å². The van der Waals surface area contributed by atoms with Crippen LogP contribution in [0.5, 0.6) is 0 Å². The molecule has 1 atom stereocenters. The van der Waals surface area contributed by atoms with Gasteiger partial charge in [0.2, 0.25) is 0 Å². The van der Waals surface area contributed by atoms with Crippen LogP contribution in [0, 0.1) is 0 Å². The van der Waals surface area contributed by atoms with E-state index in [9.17, 15) is 0 Å². The second kappa shape index (κ2) is 2.26. The molecule has 1 rings (SSSR count). The SMILES string of the molecule is COC1CCN[N]1. The summed E-state index contributed by atoms with van der Waals surface area (Å²) in [6.07, 6.45) is 1.12. The van der Waals surface area contributed by atoms with E-state index in [-0.39, 0.29) is 6.23 Å². The molecule has 3 heteroatoms. The van der Waals surface area contributed by atoms with E-state index in [1.165, 1.54) is 0 Å². The Labute approximate surface area is 43.0 Å². The molecule has 1 aliphatic rings. The van der Waals surface area contributed by atoms with Gasteiger partial charge in [-0.05, 0) is 0 Å². The maximum absolute atomic E-state index is 4.88. The molecule has 0 bridgehead atoms. The maximum atomic E-state index is 4.88. The van der Waals surface area contributed by atoms with Gasteiger partial charge in [-0.3, -0.25) is 0 Å². The highest BCUT2D eigenvalue weighted by Crippen LogP contribution is 1.95. The molecule has 0 aromatic heterocycles. The summed E-state index contributed by atoms with van der Waals surface area (Å²) in [5.74, 6) is 0. The Morgan fingerprint density at radius 3 is 3.00 bits per heavy atom. The molecule has 3 nitrogen and oxygen atoms in total. The van der Waals surface area contributed by atoms with Gasteiger partial charge in [0, 0.05) is 20.1 Å². The Balaban J connectivity index is 2.14. The van der Waals surface area contributed by atoms with Crippen LogP contribution in [0.4, 0.5) is 0 Å². The van der Waals surface area contributed by atoms with Gasteiger partial charge in [0.05, 0.1) is 0 Å². The first kappa shape index (κ1) is 5.03. The van der Waals surface area contributed by atoms with Crippen LogP contribution in [0.1, 0.15) is 6.42 Å². The fourth-order valence-electron chi connectivity index (χ4n) is 0.589. The lowest BCUT2D eigenvalue weighted by atomic mass is 10.4. The van der Waals surface area contributed by atoms with Crippen molar-refractivity contribution in [3.05, 3.63) is 0 Å². The number of nitrogens with one attached hydrogen (secondary N) is 1. The lowest BCUT2D eigenvalue weighted by Crippen LogP contribution is -2.22. The second-order valence-electron chi connectivity index (χ2n) is 1.52. The van der Waals surface area contributed by atoms with Crippen LogP contribution < -0.4 is 10.9 Å². The molecule has 0 aromatic rings. The molecule has 1 unspecified atom stereocenters. The third kappa shape index (κ3) is 1.12. The summed E-state index contributed by atoms with van der Waals surface area (Å²) < 4.78 is 4.88. The number of rotatable bonds is 1. The number of ether oxygens (including phenoxy) is 1. The average molecular weight is 101 g/mol. The molecule has 7 heavy (non-hydrogen) atoms. The molecule has 0 spiro atoms. The van der Waals surface area contributed by atoms with E-state index < -0.39 is 0 Å². The molecule has 41 valence electrons. The zero-order chi connectivity index (χ0) is 5.11. The molecule has 1 saturated heterocycles. The van der Waals surface area contributed by atoms with Crippen molar-refractivity contribution in [3.63, 3.8) is 0 Å². The molecule has 0 saturated carbocycles. The van der Waals surface area contributed by atoms with Gasteiger partial charge in [-0.25, -0.2) is 5.43 Å². The van der Waals surface area contributed by atoms with Gasteiger partial charge in [-0.1, -0.05) is 0 Å². The quantitative estimate of drug-likeness (QED) is 0.482. The minimum atomic E-state index is 0.111. The van der Waals surface area contributed by atoms with E-state index in [2.05, 4.69) is 10.9 Å². The van der Waals surface area contributed by atoms with Gasteiger partial charge >= 0.3 is 0 Å². The summed E-state index contributed by atoms with van der Waals surface area (Å²) in [5.41, 5.74) is 6.71. The minimum absolute atomic E-state index is 0.111. The van der Waals surface area contributed by atoms with Crippen LogP contribution in [-0.4, -0.2) is 19.9 Å². The first-order chi connectivity index (χ1) is 3.43. The van der Waals surface area contributed by atoms with Crippen molar-refractivity contribution in [2.75, 3.05) is 13.7 Å². The first-order valence-corrected chi connectivity index (χ1v) is 2.39. The lowest BCUT2D eigenvalue weighted by molar-refractivity contribution is 0.0833. The van der Waals surface area contributed by atoms with E-state index in [0.717, 1.165) is 13.0 Å². The average Bonchev–Trinajstić information content (AvgIpc) is 2.14. The first-order valence-electron chi connectivity index (χ1n) is 2.39. The molecule has 0 amide bonds. The Morgan fingerprint density at radius 2 is 2.71 bits per heavy atom. The van der Waals surface area contributed by atoms with Crippen molar-refractivity contribution in [2.24, 2.45) is 0 Å². The summed E-state index contributed by atoms with van der Waals surface area (Å²) in [6, 6.07) is 0. The van der Waals surface area contributed by atoms with E-state index in [0.29, 0.717) is 0 Å². The van der Waals surface area contributed by atoms with Crippen molar-refractivity contribution in [2.45, 2.75) is 12.6 Å². The molecule has 0 aromatic carbocycles. The van der Waals surface area contributed by atoms with E-state index >= 15 is 0 Å². The highest BCUT2D eigenvalue weighted by Gasteiger charge is 2.12. The molecule has 1 aliphatic heterocycles. The minimum Gasteiger partial charge on any atom is -0.364 e. The van der Waals surface area contributed by atoms with E-state index in [1.807, 2.05) is 0 Å². The van der Waals surface area contributed by atoms with Gasteiger partial charge in [0.1, 0.15) is 6.23 Å². The third-order valence-electron chi connectivity index (χ3n) is 1.01. The number of hydrogen-bond acceptors (Lipinski definition) is 2. The smallest absolute Gasteiger partial charge is 0.140 e. The third-order valence-corrected chi connectivity index (χ3v) is 1.01. The summed E-state index contributed by atoms with van der Waals surface area (Å²) in [6.45, 7) is 0.957. The number of hydrogen-bond donors (Lipinski definition) is 1. The van der Waals surface area contributed by atoms with Crippen molar-refractivity contribution >= 4 is 0 Å². The van der Waals surface area contributed by atoms with Gasteiger partial charge < -0.3 is 4.74 Å². The Kier molecular flexibility index (Phi) is 1.62. The fraction of sp³-hybridized carbons (Fsp3) is 1.00. The van der Waals surface area contributed by atoms with Gasteiger partial charge in [-0.2, -0.15) is 0 Å². The van der Waals surface area contributed by atoms with Crippen LogP contribution >= 0.6 is 0 Å². The summed E-state index contributed by atoms with van der Waals surface area (Å²) >= 11 is 0. The Bertz CT molecular complexity index is 51.7. The molecular formula is C4H9N2O. The normalized spacial score (nSPS) is 31.3. The molecular weight excluding hydrogens is 92.1 g/mol. The molecule has 1 heterocycles. The fourth-order valence-corrected chi connectivity index (χ4v) is 0.589. The maximum Gasteiger partial charge on any atom is 0.140 e. The van der Waals surface area contributed by atoms with Crippen LogP contribution in [0.3, 0.4) is 0 Å². The van der Waals surface area contributed by atoms with Crippen LogP contribution in [0.15, 0.2) is 0 Å². The number of nitrogens with zero attached hydrogens (tertiary/aromatic N) is 1. The van der Waals surface area contributed by atoms with Crippen molar-refractivity contribution in [1.82, 2.24) is 10.9 Å². The Morgan fingerprint density at radius 1 is 1.86 bits per heavy atom. The van der Waals surface area contributed by atoms with Gasteiger partial charge in [0.25, 0.3) is 0 Å². The molecule has 1 fully saturated rings. The van der Waals surface area contributed by atoms with Crippen LogP contribution in [0.2, 0.25) is 0 Å². The summed E-state index contributed by atoms with van der Waals surface area (Å²) in [7, 11) is 1.67. The molecule has 1 radical (unpaired) electrons. The Hall–Kier alpha value is -0.120. The monoisotopic (exact) mass is 101 g/mol. The molecule has 1 N–H and O–H groups in total. The zero-order valence-corrected chi connectivity index (χ0v) is 4.35. The lowest BCUT2D eigenvalue weighted by Gasteiger charge is -2.00. The van der Waals surface area contributed by atoms with Crippen LogP contribution in [-0.2, 0) is 4.74 Å². The predicted molar refractivity (Wildman–Crippen MR) is 25.6 cm³/mol. The number of methoxy groups -OCH3 is 1. The van der Waals surface area contributed by atoms with Crippen molar-refractivity contribution < 1.29 is 4.74 Å². The van der Waals surface area contributed by atoms with E-state index in [4.69, 9.17) is 4.74 Å². The molecule has 0 aliphatic carbocycles. The second-order valence-corrected chi connectivity index (χ2v) is 1.52. The largest absolute Gasteiger partial charge is 0.364 e. The highest BCUT2D eigenvalue weighted by atomic mass is 16.5. The zero-order valence-electron chi connectivity index (χ0n) is 4.35. The highest BCUT2D eigenvalue weighted by molar-refractivity contribution is 4.59. The standard InChI is InChI=1S/C4H9N2O/c1-7-4-2-3-5-6-4/h4-5H,2-3H2,1H3. The predicted octanol–water partition coefficient (Wildman–Crippen LogP) is -0.528. The van der Waals surface area contributed by atoms with Crippen molar-refractivity contribution in [3.8, 4) is 0 Å².